The molecule has 4 nitrogen and oxygen atoms in total. The number of rotatable bonds is 3. The van der Waals surface area contributed by atoms with E-state index in [1.807, 2.05) is 0 Å². The molecule has 1 heterocycles. The van der Waals surface area contributed by atoms with Crippen LogP contribution in [-0.2, 0) is 9.59 Å². The lowest BCUT2D eigenvalue weighted by Crippen LogP contribution is -2.35. The van der Waals surface area contributed by atoms with E-state index in [-0.39, 0.29) is 29.7 Å². The number of hydrogen-bond donors (Lipinski definition) is 1. The second kappa shape index (κ2) is 4.89. The summed E-state index contributed by atoms with van der Waals surface area (Å²) in [5, 5.41) is 0. The summed E-state index contributed by atoms with van der Waals surface area (Å²) in [5.74, 6) is 1.17. The molecule has 4 heteroatoms. The summed E-state index contributed by atoms with van der Waals surface area (Å²) in [6, 6.07) is 0.271. The van der Waals surface area contributed by atoms with Crippen molar-refractivity contribution in [1.82, 2.24) is 4.90 Å². The van der Waals surface area contributed by atoms with Crippen molar-refractivity contribution in [1.29, 1.82) is 0 Å². The number of nitrogens with two attached hydrogens (primary N) is 1. The van der Waals surface area contributed by atoms with Crippen LogP contribution in [-0.4, -0.2) is 29.3 Å². The quantitative estimate of drug-likeness (QED) is 0.786. The molecule has 4 atom stereocenters. The zero-order valence-electron chi connectivity index (χ0n) is 11.7. The Kier molecular flexibility index (Phi) is 3.37. The smallest absolute Gasteiger partial charge is 0.233 e. The summed E-state index contributed by atoms with van der Waals surface area (Å²) in [6.45, 7) is 2.73. The van der Waals surface area contributed by atoms with Crippen LogP contribution in [0.4, 0.5) is 0 Å². The van der Waals surface area contributed by atoms with E-state index in [1.165, 1.54) is 11.3 Å². The van der Waals surface area contributed by atoms with E-state index < -0.39 is 0 Å². The second-order valence-corrected chi connectivity index (χ2v) is 6.76. The highest BCUT2D eigenvalue weighted by molar-refractivity contribution is 6.05. The molecule has 2 saturated carbocycles. The Morgan fingerprint density at radius 2 is 1.79 bits per heavy atom. The van der Waals surface area contributed by atoms with E-state index in [4.69, 9.17) is 5.73 Å². The van der Waals surface area contributed by atoms with Gasteiger partial charge in [-0.05, 0) is 43.9 Å². The second-order valence-electron chi connectivity index (χ2n) is 6.76. The SMILES string of the molecule is CC1CC2C(=O)N(CCC3CCCC3N)C(=O)C2C1. The van der Waals surface area contributed by atoms with Gasteiger partial charge >= 0.3 is 0 Å². The number of likely N-dealkylation sites (tertiary alicyclic amines) is 1. The lowest BCUT2D eigenvalue weighted by molar-refractivity contribution is -0.140. The van der Waals surface area contributed by atoms with Gasteiger partial charge in [-0.3, -0.25) is 14.5 Å². The van der Waals surface area contributed by atoms with Crippen molar-refractivity contribution in [2.75, 3.05) is 6.54 Å². The molecule has 3 aliphatic rings. The van der Waals surface area contributed by atoms with Crippen LogP contribution in [0.3, 0.4) is 0 Å². The van der Waals surface area contributed by atoms with Gasteiger partial charge in [0.25, 0.3) is 0 Å². The van der Waals surface area contributed by atoms with Gasteiger partial charge < -0.3 is 5.73 Å². The molecular formula is C15H24N2O2. The molecule has 1 saturated heterocycles. The van der Waals surface area contributed by atoms with Gasteiger partial charge in [0.15, 0.2) is 0 Å². The molecule has 2 N–H and O–H groups in total. The summed E-state index contributed by atoms with van der Waals surface area (Å²) < 4.78 is 0. The fourth-order valence-electron chi connectivity index (χ4n) is 4.29. The molecule has 3 rings (SSSR count). The topological polar surface area (TPSA) is 63.4 Å². The van der Waals surface area contributed by atoms with Crippen molar-refractivity contribution in [3.63, 3.8) is 0 Å². The molecule has 19 heavy (non-hydrogen) atoms. The Morgan fingerprint density at radius 3 is 2.32 bits per heavy atom. The molecule has 2 amide bonds. The largest absolute Gasteiger partial charge is 0.327 e. The van der Waals surface area contributed by atoms with Crippen molar-refractivity contribution in [3.05, 3.63) is 0 Å². The van der Waals surface area contributed by atoms with E-state index in [2.05, 4.69) is 6.92 Å². The van der Waals surface area contributed by atoms with E-state index in [0.29, 0.717) is 18.4 Å². The Bertz CT molecular complexity index is 372. The maximum Gasteiger partial charge on any atom is 0.233 e. The van der Waals surface area contributed by atoms with Gasteiger partial charge in [-0.15, -0.1) is 0 Å². The first-order chi connectivity index (χ1) is 9.08. The van der Waals surface area contributed by atoms with Gasteiger partial charge in [-0.25, -0.2) is 0 Å². The molecule has 106 valence electrons. The van der Waals surface area contributed by atoms with Crippen molar-refractivity contribution >= 4 is 11.8 Å². The lowest BCUT2D eigenvalue weighted by atomic mass is 10.00. The fourth-order valence-corrected chi connectivity index (χ4v) is 4.29. The normalized spacial score (nSPS) is 42.2. The van der Waals surface area contributed by atoms with Crippen molar-refractivity contribution in [3.8, 4) is 0 Å². The van der Waals surface area contributed by atoms with E-state index in [9.17, 15) is 9.59 Å². The summed E-state index contributed by atoms with van der Waals surface area (Å²) in [5.41, 5.74) is 6.05. The number of carbonyl (C=O) groups excluding carboxylic acids is 2. The molecule has 0 spiro atoms. The van der Waals surface area contributed by atoms with Gasteiger partial charge in [-0.2, -0.15) is 0 Å². The average Bonchev–Trinajstić information content (AvgIpc) is 3.00. The maximum atomic E-state index is 12.3. The number of fused-ring (bicyclic) bond motifs is 1. The zero-order chi connectivity index (χ0) is 13.6. The first kappa shape index (κ1) is 13.1. The molecular weight excluding hydrogens is 240 g/mol. The summed E-state index contributed by atoms with van der Waals surface area (Å²) in [4.78, 5) is 26.1. The minimum atomic E-state index is -0.0141. The van der Waals surface area contributed by atoms with E-state index >= 15 is 0 Å². The highest BCUT2D eigenvalue weighted by Gasteiger charge is 2.51. The predicted molar refractivity (Wildman–Crippen MR) is 72.0 cm³/mol. The summed E-state index contributed by atoms with van der Waals surface area (Å²) >= 11 is 0. The van der Waals surface area contributed by atoms with Crippen LogP contribution in [0.25, 0.3) is 0 Å². The predicted octanol–water partition coefficient (Wildman–Crippen LogP) is 1.54. The van der Waals surface area contributed by atoms with Crippen LogP contribution in [0.5, 0.6) is 0 Å². The molecule has 0 radical (unpaired) electrons. The first-order valence-electron chi connectivity index (χ1n) is 7.68. The monoisotopic (exact) mass is 264 g/mol. The van der Waals surface area contributed by atoms with Crippen LogP contribution < -0.4 is 5.73 Å². The fraction of sp³-hybridized carbons (Fsp3) is 0.867. The molecule has 0 aromatic rings. The maximum absolute atomic E-state index is 12.3. The average molecular weight is 264 g/mol. The summed E-state index contributed by atoms with van der Waals surface area (Å²) in [7, 11) is 0. The Labute approximate surface area is 114 Å². The van der Waals surface area contributed by atoms with E-state index in [0.717, 1.165) is 32.1 Å². The minimum absolute atomic E-state index is 0.0141. The number of imide groups is 1. The molecule has 2 aliphatic carbocycles. The molecule has 0 aromatic carbocycles. The zero-order valence-corrected chi connectivity index (χ0v) is 11.7. The molecule has 0 bridgehead atoms. The van der Waals surface area contributed by atoms with Gasteiger partial charge in [-0.1, -0.05) is 13.3 Å². The van der Waals surface area contributed by atoms with Gasteiger partial charge in [0.05, 0.1) is 11.8 Å². The standard InChI is InChI=1S/C15H24N2O2/c1-9-7-11-12(8-9)15(19)17(14(11)18)6-5-10-3-2-4-13(10)16/h9-13H,2-8,16H2,1H3. The highest BCUT2D eigenvalue weighted by Crippen LogP contribution is 2.43. The van der Waals surface area contributed by atoms with Crippen LogP contribution in [0.2, 0.25) is 0 Å². The van der Waals surface area contributed by atoms with Crippen molar-refractivity contribution in [2.24, 2.45) is 29.4 Å². The third-order valence-electron chi connectivity index (χ3n) is 5.41. The molecule has 4 unspecified atom stereocenters. The number of amides is 2. The van der Waals surface area contributed by atoms with Crippen LogP contribution in [0, 0.1) is 23.7 Å². The third kappa shape index (κ3) is 2.20. The van der Waals surface area contributed by atoms with Crippen molar-refractivity contribution < 1.29 is 9.59 Å². The van der Waals surface area contributed by atoms with Gasteiger partial charge in [0, 0.05) is 12.6 Å². The number of carbonyl (C=O) groups is 2. The molecule has 1 aliphatic heterocycles. The van der Waals surface area contributed by atoms with Crippen LogP contribution >= 0.6 is 0 Å². The van der Waals surface area contributed by atoms with Crippen LogP contribution in [0.1, 0.15) is 45.4 Å². The van der Waals surface area contributed by atoms with Crippen molar-refractivity contribution in [2.45, 2.75) is 51.5 Å². The Hall–Kier alpha value is -0.900. The van der Waals surface area contributed by atoms with Crippen LogP contribution in [0.15, 0.2) is 0 Å². The first-order valence-corrected chi connectivity index (χ1v) is 7.68. The van der Waals surface area contributed by atoms with E-state index in [1.54, 1.807) is 0 Å². The van der Waals surface area contributed by atoms with Gasteiger partial charge in [0.2, 0.25) is 11.8 Å². The lowest BCUT2D eigenvalue weighted by Gasteiger charge is -2.21. The molecule has 0 aromatic heterocycles. The minimum Gasteiger partial charge on any atom is -0.327 e. The highest BCUT2D eigenvalue weighted by atomic mass is 16.2. The summed E-state index contributed by atoms with van der Waals surface area (Å²) in [6.07, 6.45) is 6.13. The number of hydrogen-bond acceptors (Lipinski definition) is 3. The van der Waals surface area contributed by atoms with Gasteiger partial charge in [0.1, 0.15) is 0 Å². The third-order valence-corrected chi connectivity index (χ3v) is 5.41. The Balaban J connectivity index is 1.60. The molecule has 3 fully saturated rings. The Morgan fingerprint density at radius 1 is 1.16 bits per heavy atom. The number of nitrogens with zero attached hydrogens (tertiary/aromatic N) is 1.